The molecule has 0 aliphatic heterocycles. The van der Waals surface area contributed by atoms with Gasteiger partial charge in [-0.15, -0.1) is 0 Å². The maximum absolute atomic E-state index is 12.5. The summed E-state index contributed by atoms with van der Waals surface area (Å²) in [5.41, 5.74) is 0.516. The molecule has 0 fully saturated rings. The van der Waals surface area contributed by atoms with Crippen molar-refractivity contribution in [2.24, 2.45) is 0 Å². The van der Waals surface area contributed by atoms with Gasteiger partial charge in [0.25, 0.3) is 0 Å². The number of carbonyl (C=O) groups excluding carboxylic acids is 3. The van der Waals surface area contributed by atoms with E-state index in [9.17, 15) is 14.4 Å². The predicted octanol–water partition coefficient (Wildman–Crippen LogP) is 8.78. The number of ether oxygens (including phenoxy) is 2. The number of hydrogen-bond donors (Lipinski definition) is 0. The van der Waals surface area contributed by atoms with E-state index in [-0.39, 0.29) is 24.8 Å². The van der Waals surface area contributed by atoms with E-state index in [4.69, 9.17) is 9.47 Å². The highest BCUT2D eigenvalue weighted by Gasteiger charge is 2.20. The Hall–Kier alpha value is -2.17. The van der Waals surface area contributed by atoms with Crippen molar-refractivity contribution in [3.8, 4) is 0 Å². The molecule has 0 spiro atoms. The Balaban J connectivity index is 2.39. The summed E-state index contributed by atoms with van der Waals surface area (Å²) in [6.45, 7) is 4.15. The zero-order chi connectivity index (χ0) is 27.0. The quantitative estimate of drug-likeness (QED) is 0.0780. The first kappa shape index (κ1) is 32.9. The molecule has 1 aromatic carbocycles. The van der Waals surface area contributed by atoms with Crippen molar-refractivity contribution in [2.45, 2.75) is 142 Å². The highest BCUT2D eigenvalue weighted by molar-refractivity contribution is 5.97. The molecule has 1 atom stereocenters. The lowest BCUT2D eigenvalue weighted by molar-refractivity contribution is -0.155. The molecule has 5 nitrogen and oxygen atoms in total. The topological polar surface area (TPSA) is 69.7 Å². The second kappa shape index (κ2) is 23.0. The van der Waals surface area contributed by atoms with Gasteiger partial charge in [-0.3, -0.25) is 14.4 Å². The van der Waals surface area contributed by atoms with E-state index in [0.29, 0.717) is 18.4 Å². The fraction of sp³-hybridized carbons (Fsp3) is 0.719. The lowest BCUT2D eigenvalue weighted by atomic mass is 10.0. The molecule has 210 valence electrons. The van der Waals surface area contributed by atoms with Crippen LogP contribution < -0.4 is 0 Å². The van der Waals surface area contributed by atoms with Crippen molar-refractivity contribution in [2.75, 3.05) is 6.61 Å². The number of esters is 2. The van der Waals surface area contributed by atoms with Gasteiger partial charge in [0.2, 0.25) is 0 Å². The summed E-state index contributed by atoms with van der Waals surface area (Å²) in [4.78, 5) is 37.1. The zero-order valence-corrected chi connectivity index (χ0v) is 23.6. The third-order valence-electron chi connectivity index (χ3n) is 6.77. The Morgan fingerprint density at radius 3 is 1.73 bits per heavy atom. The smallest absolute Gasteiger partial charge is 0.310 e. The van der Waals surface area contributed by atoms with Gasteiger partial charge in [-0.1, -0.05) is 134 Å². The van der Waals surface area contributed by atoms with Crippen LogP contribution in [0.4, 0.5) is 0 Å². The van der Waals surface area contributed by atoms with E-state index in [1.54, 1.807) is 24.3 Å². The summed E-state index contributed by atoms with van der Waals surface area (Å²) in [6.07, 6.45) is 19.4. The van der Waals surface area contributed by atoms with Crippen LogP contribution in [0.15, 0.2) is 30.3 Å². The van der Waals surface area contributed by atoms with Crippen LogP contribution in [-0.4, -0.2) is 30.4 Å². The second-order valence-electron chi connectivity index (χ2n) is 10.3. The number of hydrogen-bond acceptors (Lipinski definition) is 5. The summed E-state index contributed by atoms with van der Waals surface area (Å²) in [7, 11) is 0. The minimum Gasteiger partial charge on any atom is -0.462 e. The van der Waals surface area contributed by atoms with E-state index in [2.05, 4.69) is 13.8 Å². The Morgan fingerprint density at radius 2 is 1.16 bits per heavy atom. The minimum atomic E-state index is -0.492. The highest BCUT2D eigenvalue weighted by Crippen LogP contribution is 2.16. The van der Waals surface area contributed by atoms with Crippen molar-refractivity contribution in [3.05, 3.63) is 35.9 Å². The fourth-order valence-corrected chi connectivity index (χ4v) is 4.45. The molecule has 0 radical (unpaired) electrons. The minimum absolute atomic E-state index is 0.00183. The number of carbonyl (C=O) groups is 3. The van der Waals surface area contributed by atoms with Gasteiger partial charge in [0.15, 0.2) is 12.4 Å². The molecule has 0 heterocycles. The Kier molecular flexibility index (Phi) is 20.4. The monoisotopic (exact) mass is 516 g/mol. The van der Waals surface area contributed by atoms with Crippen LogP contribution in [0.1, 0.15) is 146 Å². The Labute approximate surface area is 226 Å². The van der Waals surface area contributed by atoms with E-state index in [1.807, 2.05) is 6.07 Å². The van der Waals surface area contributed by atoms with E-state index < -0.39 is 12.1 Å². The summed E-state index contributed by atoms with van der Waals surface area (Å²) in [5.74, 6) is -0.961. The van der Waals surface area contributed by atoms with Gasteiger partial charge in [-0.2, -0.15) is 0 Å². The molecule has 0 aliphatic rings. The van der Waals surface area contributed by atoms with E-state index in [0.717, 1.165) is 32.1 Å². The average Bonchev–Trinajstić information content (AvgIpc) is 2.90. The molecule has 1 unspecified atom stereocenters. The molecule has 0 amide bonds. The first-order valence-corrected chi connectivity index (χ1v) is 15.0. The number of rotatable bonds is 24. The molecule has 0 saturated carbocycles. The van der Waals surface area contributed by atoms with Crippen LogP contribution in [0, 0.1) is 0 Å². The van der Waals surface area contributed by atoms with Crippen molar-refractivity contribution >= 4 is 17.7 Å². The van der Waals surface area contributed by atoms with Gasteiger partial charge in [-0.05, 0) is 19.3 Å². The molecule has 0 N–H and O–H groups in total. The fourth-order valence-electron chi connectivity index (χ4n) is 4.45. The van der Waals surface area contributed by atoms with Crippen molar-refractivity contribution in [3.63, 3.8) is 0 Å². The number of benzene rings is 1. The van der Waals surface area contributed by atoms with Gasteiger partial charge in [0.1, 0.15) is 6.10 Å². The first-order valence-electron chi connectivity index (χ1n) is 15.0. The summed E-state index contributed by atoms with van der Waals surface area (Å²) >= 11 is 0. The second-order valence-corrected chi connectivity index (χ2v) is 10.3. The standard InChI is InChI=1S/C32H52O5/c1-3-5-7-9-11-12-14-15-20-24-29(37-31(34)25-21-16-13-10-8-6-4-2)26-32(35)36-27-30(33)28-22-18-17-19-23-28/h17-19,22-23,29H,3-16,20-21,24-27H2,1-2H3. The van der Waals surface area contributed by atoms with Crippen LogP contribution in [0.5, 0.6) is 0 Å². The molecule has 37 heavy (non-hydrogen) atoms. The van der Waals surface area contributed by atoms with Crippen LogP contribution >= 0.6 is 0 Å². The molecular formula is C32H52O5. The SMILES string of the molecule is CCCCCCCCCCCC(CC(=O)OCC(=O)c1ccccc1)OC(=O)CCCCCCCCC. The third kappa shape index (κ3) is 18.7. The molecule has 1 rings (SSSR count). The highest BCUT2D eigenvalue weighted by atomic mass is 16.6. The molecule has 0 aliphatic carbocycles. The summed E-state index contributed by atoms with van der Waals surface area (Å²) in [6, 6.07) is 8.80. The van der Waals surface area contributed by atoms with Crippen LogP contribution in [0.3, 0.4) is 0 Å². The van der Waals surface area contributed by atoms with Gasteiger partial charge in [0.05, 0.1) is 6.42 Å². The Bertz CT molecular complexity index is 715. The van der Waals surface area contributed by atoms with Gasteiger partial charge < -0.3 is 9.47 Å². The third-order valence-corrected chi connectivity index (χ3v) is 6.77. The first-order chi connectivity index (χ1) is 18.1. The summed E-state index contributed by atoms with van der Waals surface area (Å²) < 4.78 is 10.9. The maximum atomic E-state index is 12.5. The molecule has 0 bridgehead atoms. The number of Topliss-reactive ketones (excluding diaryl/α,β-unsaturated/α-hetero) is 1. The lowest BCUT2D eigenvalue weighted by Crippen LogP contribution is -2.24. The van der Waals surface area contributed by atoms with Crippen molar-refractivity contribution in [1.29, 1.82) is 0 Å². The van der Waals surface area contributed by atoms with E-state index in [1.165, 1.54) is 70.6 Å². The van der Waals surface area contributed by atoms with Crippen LogP contribution in [0.25, 0.3) is 0 Å². The van der Waals surface area contributed by atoms with Gasteiger partial charge in [-0.25, -0.2) is 0 Å². The largest absolute Gasteiger partial charge is 0.462 e. The molecule has 0 saturated heterocycles. The molecule has 0 aromatic heterocycles. The number of unbranched alkanes of at least 4 members (excludes halogenated alkanes) is 14. The molecule has 5 heteroatoms. The zero-order valence-electron chi connectivity index (χ0n) is 23.6. The van der Waals surface area contributed by atoms with Crippen LogP contribution in [-0.2, 0) is 19.1 Å². The Morgan fingerprint density at radius 1 is 0.649 bits per heavy atom. The number of ketones is 1. The summed E-state index contributed by atoms with van der Waals surface area (Å²) in [5, 5.41) is 0. The molecule has 1 aromatic rings. The average molecular weight is 517 g/mol. The van der Waals surface area contributed by atoms with Crippen molar-refractivity contribution < 1.29 is 23.9 Å². The lowest BCUT2D eigenvalue weighted by Gasteiger charge is -2.17. The van der Waals surface area contributed by atoms with Gasteiger partial charge >= 0.3 is 11.9 Å². The predicted molar refractivity (Wildman–Crippen MR) is 151 cm³/mol. The van der Waals surface area contributed by atoms with E-state index >= 15 is 0 Å². The normalized spacial score (nSPS) is 11.7. The van der Waals surface area contributed by atoms with Gasteiger partial charge in [0, 0.05) is 12.0 Å². The molecular weight excluding hydrogens is 464 g/mol. The van der Waals surface area contributed by atoms with Crippen LogP contribution in [0.2, 0.25) is 0 Å². The maximum Gasteiger partial charge on any atom is 0.310 e. The van der Waals surface area contributed by atoms with Crippen molar-refractivity contribution in [1.82, 2.24) is 0 Å².